The lowest BCUT2D eigenvalue weighted by molar-refractivity contribution is 0.669. The summed E-state index contributed by atoms with van der Waals surface area (Å²) >= 11 is 0. The summed E-state index contributed by atoms with van der Waals surface area (Å²) in [6.45, 7) is 0. The second-order valence-corrected chi connectivity index (χ2v) is 29.7. The molecule has 114 heavy (non-hydrogen) atoms. The zero-order valence-corrected chi connectivity index (χ0v) is 61.3. The number of para-hydroxylation sites is 4. The van der Waals surface area contributed by atoms with Gasteiger partial charge in [0.05, 0.1) is 44.5 Å². The highest BCUT2D eigenvalue weighted by atomic mass is 16.3. The summed E-state index contributed by atoms with van der Waals surface area (Å²) < 4.78 is 18.2. The Bertz CT molecular complexity index is 8130. The summed E-state index contributed by atoms with van der Waals surface area (Å²) in [5.41, 5.74) is 19.8. The summed E-state index contributed by atoms with van der Waals surface area (Å²) in [7, 11) is 0. The molecule has 0 saturated heterocycles. The van der Waals surface area contributed by atoms with E-state index < -0.39 is 0 Å². The van der Waals surface area contributed by atoms with Crippen molar-refractivity contribution in [2.24, 2.45) is 0 Å². The Morgan fingerprint density at radius 2 is 0.579 bits per heavy atom. The molecule has 0 aliphatic rings. The van der Waals surface area contributed by atoms with Crippen molar-refractivity contribution in [1.82, 2.24) is 29.1 Å². The van der Waals surface area contributed by atoms with Crippen molar-refractivity contribution >= 4 is 174 Å². The Morgan fingerprint density at radius 1 is 0.211 bits per heavy atom. The molecule has 0 aliphatic heterocycles. The molecule has 0 N–H and O–H groups in total. The molecule has 8 nitrogen and oxygen atoms in total. The second kappa shape index (κ2) is 25.1. The van der Waals surface area contributed by atoms with Crippen LogP contribution in [0, 0.1) is 0 Å². The highest BCUT2D eigenvalue weighted by molar-refractivity contribution is 6.33. The van der Waals surface area contributed by atoms with Gasteiger partial charge in [-0.2, -0.15) is 0 Å². The van der Waals surface area contributed by atoms with Crippen LogP contribution in [0.15, 0.2) is 385 Å². The largest absolute Gasteiger partial charge is 0.455 e. The molecule has 6 aromatic heterocycles. The van der Waals surface area contributed by atoms with E-state index in [4.69, 9.17) is 28.8 Å². The number of fused-ring (bicyclic) bond motifs is 26. The minimum Gasteiger partial charge on any atom is -0.455 e. The lowest BCUT2D eigenvalue weighted by Crippen LogP contribution is -2.04. The first-order valence-corrected chi connectivity index (χ1v) is 38.7. The van der Waals surface area contributed by atoms with Crippen molar-refractivity contribution in [3.8, 4) is 67.8 Å². The van der Waals surface area contributed by atoms with Gasteiger partial charge in [0, 0.05) is 76.2 Å². The molecule has 6 heterocycles. The van der Waals surface area contributed by atoms with E-state index in [9.17, 15) is 0 Å². The predicted octanol–water partition coefficient (Wildman–Crippen LogP) is 28.5. The van der Waals surface area contributed by atoms with Gasteiger partial charge in [-0.05, 0) is 172 Å². The fourth-order valence-electron chi connectivity index (χ4n) is 18.5. The van der Waals surface area contributed by atoms with Crippen molar-refractivity contribution < 1.29 is 8.83 Å². The van der Waals surface area contributed by atoms with E-state index in [0.29, 0.717) is 11.8 Å². The Morgan fingerprint density at radius 3 is 1.06 bits per heavy atom. The van der Waals surface area contributed by atoms with Gasteiger partial charge in [0.2, 0.25) is 5.95 Å². The molecule has 0 fully saturated rings. The SMILES string of the molecule is c1ccc(-c2cc3c(c4ccccc24)c2c4ccccc4c(-c4ccccc4)cc2n3-c2nc(-c3cc4ccccc4c4c3oc3ccccc34)c3ccccc3n2)cc1.c1ccc2c(c1)cc(-c1nc(-c3ccc(-n4c5ccc6ccccc6c5c5c6ccccc6ccc54)cc3)nc3ccccc13)c1oc3ccccc3c12. The van der Waals surface area contributed by atoms with Gasteiger partial charge in [0.25, 0.3) is 0 Å². The van der Waals surface area contributed by atoms with E-state index in [-0.39, 0.29) is 0 Å². The molecule has 528 valence electrons. The molecule has 8 heteroatoms. The predicted molar refractivity (Wildman–Crippen MR) is 475 cm³/mol. The van der Waals surface area contributed by atoms with Gasteiger partial charge in [-0.3, -0.25) is 4.57 Å². The summed E-state index contributed by atoms with van der Waals surface area (Å²) in [6, 6.07) is 134. The number of benzene rings is 19. The normalized spacial score (nSPS) is 12.0. The average molecular weight is 1450 g/mol. The van der Waals surface area contributed by atoms with Gasteiger partial charge >= 0.3 is 0 Å². The molecule has 0 unspecified atom stereocenters. The van der Waals surface area contributed by atoms with Crippen molar-refractivity contribution in [3.05, 3.63) is 376 Å². The molecule has 19 aromatic carbocycles. The molecule has 0 bridgehead atoms. The van der Waals surface area contributed by atoms with E-state index in [2.05, 4.69) is 361 Å². The highest BCUT2D eigenvalue weighted by Crippen LogP contribution is 2.50. The van der Waals surface area contributed by atoms with E-state index in [1.807, 2.05) is 24.3 Å². The second-order valence-electron chi connectivity index (χ2n) is 29.7. The molecule has 0 radical (unpaired) electrons. The summed E-state index contributed by atoms with van der Waals surface area (Å²) in [5, 5.41) is 25.6. The first kappa shape index (κ1) is 63.5. The smallest absolute Gasteiger partial charge is 0.235 e. The van der Waals surface area contributed by atoms with Crippen molar-refractivity contribution in [2.75, 3.05) is 0 Å². The maximum atomic E-state index is 6.82. The van der Waals surface area contributed by atoms with Crippen LogP contribution >= 0.6 is 0 Å². The van der Waals surface area contributed by atoms with Crippen LogP contribution in [0.3, 0.4) is 0 Å². The standard InChI is InChI=1S/C56H33N3O.C50H29N3O/c1-3-17-34(18-4-1)44-32-48-52(40-25-11-9-23-38(40)44)53-41-26-12-10-24-39(41)45(35-19-5-2-6-20-35)33-49(53)59(48)56-57-47-29-15-13-27-42(47)54(58-56)46-31-36-21-7-8-22-37(36)51-43-28-14-16-30-50(43)60-55(46)51;1-4-14-35-30(11-1)23-27-42-46(35)47-36-15-5-2-12-31(36)24-28-43(47)53(42)34-25-21-32(22-26-34)50-51-41-19-9-7-17-38(41)48(52-50)40-29-33-13-3-6-16-37(33)45-39-18-8-10-20-44(39)54-49(40)45/h1-33H;1-29H. The van der Waals surface area contributed by atoms with Crippen molar-refractivity contribution in [3.63, 3.8) is 0 Å². The van der Waals surface area contributed by atoms with Crippen LogP contribution in [0.4, 0.5) is 0 Å². The molecule has 25 aromatic rings. The Balaban J connectivity index is 0.000000132. The molecule has 0 saturated carbocycles. The Hall–Kier alpha value is -15.4. The quantitative estimate of drug-likeness (QED) is 0.158. The summed E-state index contributed by atoms with van der Waals surface area (Å²) in [4.78, 5) is 21.7. The van der Waals surface area contributed by atoms with E-state index >= 15 is 0 Å². The lowest BCUT2D eigenvalue weighted by atomic mass is 9.92. The number of nitrogens with zero attached hydrogens (tertiary/aromatic N) is 6. The number of rotatable bonds is 7. The monoisotopic (exact) mass is 1450 g/mol. The molecule has 0 atom stereocenters. The van der Waals surface area contributed by atoms with Gasteiger partial charge in [-0.1, -0.05) is 291 Å². The van der Waals surface area contributed by atoms with E-state index in [1.165, 1.54) is 81.1 Å². The lowest BCUT2D eigenvalue weighted by Gasteiger charge is -2.14. The van der Waals surface area contributed by atoms with Crippen molar-refractivity contribution in [1.29, 1.82) is 0 Å². The molecule has 0 amide bonds. The fourth-order valence-corrected chi connectivity index (χ4v) is 18.5. The van der Waals surface area contributed by atoms with Gasteiger partial charge in [-0.15, -0.1) is 0 Å². The van der Waals surface area contributed by atoms with Crippen LogP contribution < -0.4 is 0 Å². The fraction of sp³-hybridized carbons (Fsp3) is 0. The van der Waals surface area contributed by atoms with Gasteiger partial charge in [-0.25, -0.2) is 19.9 Å². The summed E-state index contributed by atoms with van der Waals surface area (Å²) in [6.07, 6.45) is 0. The third kappa shape index (κ3) is 9.65. The van der Waals surface area contributed by atoms with Crippen molar-refractivity contribution in [2.45, 2.75) is 0 Å². The molecular formula is C106H62N6O2. The van der Waals surface area contributed by atoms with Crippen LogP contribution in [0.1, 0.15) is 0 Å². The Labute approximate surface area is 651 Å². The highest BCUT2D eigenvalue weighted by Gasteiger charge is 2.28. The summed E-state index contributed by atoms with van der Waals surface area (Å²) in [5.74, 6) is 1.27. The van der Waals surface area contributed by atoms with Crippen LogP contribution in [0.5, 0.6) is 0 Å². The van der Waals surface area contributed by atoms with Crippen LogP contribution in [0.25, 0.3) is 242 Å². The molecule has 0 spiro atoms. The minimum absolute atomic E-state index is 0.602. The average Bonchev–Trinajstić information content (AvgIpc) is 1.54. The third-order valence-electron chi connectivity index (χ3n) is 23.5. The van der Waals surface area contributed by atoms with E-state index in [1.54, 1.807) is 0 Å². The first-order chi connectivity index (χ1) is 56.6. The molecular weight excluding hydrogens is 1390 g/mol. The zero-order valence-electron chi connectivity index (χ0n) is 61.3. The topological polar surface area (TPSA) is 87.7 Å². The number of hydrogen-bond donors (Lipinski definition) is 0. The van der Waals surface area contributed by atoms with Gasteiger partial charge in [0.15, 0.2) is 5.82 Å². The number of aromatic nitrogens is 6. The molecule has 25 rings (SSSR count). The van der Waals surface area contributed by atoms with Crippen LogP contribution in [-0.2, 0) is 0 Å². The van der Waals surface area contributed by atoms with Crippen LogP contribution in [-0.4, -0.2) is 29.1 Å². The third-order valence-corrected chi connectivity index (χ3v) is 23.5. The molecule has 0 aliphatic carbocycles. The minimum atomic E-state index is 0.602. The number of furan rings is 2. The van der Waals surface area contributed by atoms with Gasteiger partial charge < -0.3 is 13.4 Å². The first-order valence-electron chi connectivity index (χ1n) is 38.7. The van der Waals surface area contributed by atoms with Crippen LogP contribution in [0.2, 0.25) is 0 Å². The number of hydrogen-bond acceptors (Lipinski definition) is 6. The zero-order chi connectivity index (χ0) is 74.6. The Kier molecular flexibility index (Phi) is 14.0. The van der Waals surface area contributed by atoms with E-state index in [0.717, 1.165) is 149 Å². The maximum absolute atomic E-state index is 6.82. The maximum Gasteiger partial charge on any atom is 0.235 e. The van der Waals surface area contributed by atoms with Gasteiger partial charge in [0.1, 0.15) is 22.3 Å².